The first-order valence-electron chi connectivity index (χ1n) is 6.76. The van der Waals surface area contributed by atoms with Crippen LogP contribution in [0.4, 0.5) is 0 Å². The maximum Gasteiger partial charge on any atom is 0.295 e. The fraction of sp³-hybridized carbons (Fsp3) is 0.375. The number of fused-ring (bicyclic) bond motifs is 1. The Morgan fingerprint density at radius 2 is 1.45 bits per heavy atom. The lowest BCUT2D eigenvalue weighted by Crippen LogP contribution is -1.96. The maximum absolute atomic E-state index is 11.6. The lowest BCUT2D eigenvalue weighted by atomic mass is 10.0. The molecule has 4 heteroatoms. The zero-order chi connectivity index (χ0) is 15.1. The van der Waals surface area contributed by atoms with Gasteiger partial charge in [-0.25, -0.2) is 0 Å². The van der Waals surface area contributed by atoms with Gasteiger partial charge in [0, 0.05) is 5.56 Å². The highest BCUT2D eigenvalue weighted by atomic mass is 32.2. The Morgan fingerprint density at radius 3 is 1.90 bits per heavy atom. The highest BCUT2D eigenvalue weighted by Crippen LogP contribution is 2.38. The van der Waals surface area contributed by atoms with E-state index in [2.05, 4.69) is 13.8 Å². The van der Waals surface area contributed by atoms with Gasteiger partial charge in [-0.3, -0.25) is 4.55 Å². The second kappa shape index (κ2) is 5.19. The standard InChI is InChI=1S/C16H20O3S/c1-10(2)12-5-7-13-14(8-6-12)16(20(17,18)19)9-15(13)11(3)4/h5-11H,1-4H3,(H,17,18,19). The molecule has 0 saturated carbocycles. The largest absolute Gasteiger partial charge is 0.295 e. The molecule has 0 saturated heterocycles. The molecule has 2 aliphatic carbocycles. The molecule has 108 valence electrons. The Hall–Kier alpha value is -1.39. The van der Waals surface area contributed by atoms with Crippen molar-refractivity contribution in [3.8, 4) is 11.1 Å². The minimum Gasteiger partial charge on any atom is -0.282 e. The summed E-state index contributed by atoms with van der Waals surface area (Å²) in [5.41, 5.74) is 3.55. The topological polar surface area (TPSA) is 54.4 Å². The quantitative estimate of drug-likeness (QED) is 0.859. The van der Waals surface area contributed by atoms with Crippen LogP contribution in [0.2, 0.25) is 0 Å². The molecule has 0 aromatic carbocycles. The third-order valence-corrected chi connectivity index (χ3v) is 4.50. The summed E-state index contributed by atoms with van der Waals surface area (Å²) in [6.45, 7) is 8.21. The predicted octanol–water partition coefficient (Wildman–Crippen LogP) is 4.28. The first kappa shape index (κ1) is 15.0. The van der Waals surface area contributed by atoms with Crippen molar-refractivity contribution in [3.63, 3.8) is 0 Å². The number of rotatable bonds is 3. The average Bonchev–Trinajstić information content (AvgIpc) is 2.55. The van der Waals surface area contributed by atoms with Crippen LogP contribution >= 0.6 is 0 Å². The van der Waals surface area contributed by atoms with Gasteiger partial charge in [0.25, 0.3) is 10.1 Å². The zero-order valence-electron chi connectivity index (χ0n) is 12.2. The molecule has 0 aromatic heterocycles. The molecule has 2 aliphatic rings. The van der Waals surface area contributed by atoms with Crippen LogP contribution in [0.25, 0.3) is 11.1 Å². The van der Waals surface area contributed by atoms with E-state index in [0.717, 1.165) is 16.7 Å². The molecule has 0 aromatic rings. The minimum atomic E-state index is -4.21. The van der Waals surface area contributed by atoms with E-state index in [0.29, 0.717) is 11.5 Å². The zero-order valence-corrected chi connectivity index (χ0v) is 13.0. The summed E-state index contributed by atoms with van der Waals surface area (Å²) >= 11 is 0. The molecule has 0 spiro atoms. The molecule has 0 fully saturated rings. The van der Waals surface area contributed by atoms with Crippen LogP contribution in [0.15, 0.2) is 35.2 Å². The van der Waals surface area contributed by atoms with Crippen LogP contribution in [-0.4, -0.2) is 13.0 Å². The van der Waals surface area contributed by atoms with Crippen molar-refractivity contribution in [3.05, 3.63) is 41.5 Å². The molecule has 0 aliphatic heterocycles. The maximum atomic E-state index is 11.6. The molecule has 3 nitrogen and oxygen atoms in total. The van der Waals surface area contributed by atoms with Gasteiger partial charge in [0.2, 0.25) is 0 Å². The molecule has 1 N–H and O–H groups in total. The van der Waals surface area contributed by atoms with Crippen LogP contribution < -0.4 is 0 Å². The van der Waals surface area contributed by atoms with Crippen molar-refractivity contribution in [2.75, 3.05) is 0 Å². The molecular formula is C16H20O3S. The van der Waals surface area contributed by atoms with Gasteiger partial charge in [0.05, 0.1) is 0 Å². The van der Waals surface area contributed by atoms with Gasteiger partial charge < -0.3 is 0 Å². The summed E-state index contributed by atoms with van der Waals surface area (Å²) in [5, 5.41) is 0. The summed E-state index contributed by atoms with van der Waals surface area (Å²) in [6, 6.07) is 9.27. The Kier molecular flexibility index (Phi) is 3.89. The first-order valence-corrected chi connectivity index (χ1v) is 8.20. The van der Waals surface area contributed by atoms with Crippen molar-refractivity contribution in [1.82, 2.24) is 0 Å². The highest BCUT2D eigenvalue weighted by molar-refractivity contribution is 7.86. The van der Waals surface area contributed by atoms with E-state index in [1.165, 1.54) is 0 Å². The molecule has 0 amide bonds. The van der Waals surface area contributed by atoms with Crippen LogP contribution in [0, 0.1) is 0 Å². The van der Waals surface area contributed by atoms with Gasteiger partial charge in [-0.1, -0.05) is 52.0 Å². The van der Waals surface area contributed by atoms with E-state index in [4.69, 9.17) is 0 Å². The molecular weight excluding hydrogens is 272 g/mol. The summed E-state index contributed by atoms with van der Waals surface area (Å²) in [7, 11) is -4.21. The van der Waals surface area contributed by atoms with Gasteiger partial charge >= 0.3 is 0 Å². The fourth-order valence-corrected chi connectivity index (χ4v) is 3.17. The van der Waals surface area contributed by atoms with Crippen molar-refractivity contribution >= 4 is 10.1 Å². The van der Waals surface area contributed by atoms with E-state index in [1.54, 1.807) is 12.1 Å². The van der Waals surface area contributed by atoms with E-state index < -0.39 is 10.1 Å². The summed E-state index contributed by atoms with van der Waals surface area (Å²) in [6.07, 6.45) is 0. The Labute approximate surface area is 120 Å². The minimum absolute atomic E-state index is 0.00195. The van der Waals surface area contributed by atoms with E-state index in [9.17, 15) is 13.0 Å². The Bertz CT molecular complexity index is 700. The smallest absolute Gasteiger partial charge is 0.282 e. The second-order valence-corrected chi connectivity index (χ2v) is 7.13. The van der Waals surface area contributed by atoms with Crippen LogP contribution in [0.3, 0.4) is 0 Å². The van der Waals surface area contributed by atoms with Gasteiger partial charge in [-0.15, -0.1) is 0 Å². The van der Waals surface area contributed by atoms with Crippen LogP contribution in [-0.2, 0) is 10.1 Å². The molecule has 0 radical (unpaired) electrons. The predicted molar refractivity (Wildman–Crippen MR) is 81.1 cm³/mol. The van der Waals surface area contributed by atoms with Gasteiger partial charge in [-0.2, -0.15) is 8.42 Å². The molecule has 0 heterocycles. The Balaban J connectivity index is 2.80. The lowest BCUT2D eigenvalue weighted by molar-refractivity contribution is 0.484. The van der Waals surface area contributed by atoms with Gasteiger partial charge in [0.15, 0.2) is 0 Å². The van der Waals surface area contributed by atoms with Crippen LogP contribution in [0.1, 0.15) is 50.7 Å². The molecule has 2 rings (SSSR count). The lowest BCUT2D eigenvalue weighted by Gasteiger charge is -2.04. The molecule has 20 heavy (non-hydrogen) atoms. The SMILES string of the molecule is CC(C)c1ccc2c(C(C)C)cc(S(=O)(=O)O)c-2cc1. The molecule has 0 bridgehead atoms. The monoisotopic (exact) mass is 292 g/mol. The van der Waals surface area contributed by atoms with E-state index in [-0.39, 0.29) is 10.8 Å². The van der Waals surface area contributed by atoms with Crippen molar-refractivity contribution < 1.29 is 13.0 Å². The summed E-state index contributed by atoms with van der Waals surface area (Å²) < 4.78 is 32.5. The van der Waals surface area contributed by atoms with Gasteiger partial charge in [0.1, 0.15) is 4.90 Å². The normalized spacial score (nSPS) is 12.6. The summed E-state index contributed by atoms with van der Waals surface area (Å²) in [4.78, 5) is 0.00195. The van der Waals surface area contributed by atoms with Crippen molar-refractivity contribution in [1.29, 1.82) is 0 Å². The van der Waals surface area contributed by atoms with Crippen molar-refractivity contribution in [2.45, 2.75) is 44.4 Å². The average molecular weight is 292 g/mol. The van der Waals surface area contributed by atoms with Gasteiger partial charge in [-0.05, 0) is 34.6 Å². The Morgan fingerprint density at radius 1 is 0.900 bits per heavy atom. The third kappa shape index (κ3) is 2.72. The molecule has 0 atom stereocenters. The second-order valence-electron chi connectivity index (χ2n) is 5.74. The van der Waals surface area contributed by atoms with Crippen LogP contribution in [0.5, 0.6) is 0 Å². The fourth-order valence-electron chi connectivity index (χ4n) is 2.43. The summed E-state index contributed by atoms with van der Waals surface area (Å²) in [5.74, 6) is 0.557. The number of hydrogen-bond donors (Lipinski definition) is 1. The van der Waals surface area contributed by atoms with E-state index in [1.807, 2.05) is 32.0 Å². The highest BCUT2D eigenvalue weighted by Gasteiger charge is 2.24. The van der Waals surface area contributed by atoms with E-state index >= 15 is 0 Å². The molecule has 0 unspecified atom stereocenters. The third-order valence-electron chi connectivity index (χ3n) is 3.60. The van der Waals surface area contributed by atoms with Crippen molar-refractivity contribution in [2.24, 2.45) is 0 Å². The number of hydrogen-bond acceptors (Lipinski definition) is 2. The first-order chi connectivity index (χ1) is 9.21.